The Kier molecular flexibility index (Phi) is 7.11. The van der Waals surface area contributed by atoms with Gasteiger partial charge in [-0.05, 0) is 55.0 Å². The Morgan fingerprint density at radius 1 is 1.21 bits per heavy atom. The first kappa shape index (κ1) is 23.0. The second-order valence-electron chi connectivity index (χ2n) is 7.19. The number of carbonyl (C=O) groups is 1. The van der Waals surface area contributed by atoms with E-state index in [9.17, 15) is 9.00 Å². The molecule has 0 saturated carbocycles. The van der Waals surface area contributed by atoms with E-state index in [-0.39, 0.29) is 0 Å². The average molecular weight is 489 g/mol. The second-order valence-corrected chi connectivity index (χ2v) is 9.41. The molecule has 0 radical (unpaired) electrons. The lowest BCUT2D eigenvalue weighted by Gasteiger charge is -2.25. The highest BCUT2D eigenvalue weighted by molar-refractivity contribution is 7.86. The summed E-state index contributed by atoms with van der Waals surface area (Å²) in [6, 6.07) is 12.2. The molecule has 2 aromatic carbocycles. The summed E-state index contributed by atoms with van der Waals surface area (Å²) in [5.41, 5.74) is 8.10. The number of nitrogens with zero attached hydrogens (tertiary/aromatic N) is 2. The third-order valence-electron chi connectivity index (χ3n) is 4.98. The Morgan fingerprint density at radius 2 is 1.94 bits per heavy atom. The molecule has 3 aromatic rings. The molecule has 0 spiro atoms. The van der Waals surface area contributed by atoms with Crippen molar-refractivity contribution in [3.05, 3.63) is 48.2 Å². The Balaban J connectivity index is 1.47. The lowest BCUT2D eigenvalue weighted by Crippen LogP contribution is -2.42. The normalized spacial score (nSPS) is 14.5. The van der Waals surface area contributed by atoms with E-state index in [0.717, 1.165) is 16.1 Å². The Morgan fingerprint density at radius 3 is 2.58 bits per heavy atom. The number of methoxy groups -OCH3 is 1. The van der Waals surface area contributed by atoms with Gasteiger partial charge in [-0.3, -0.25) is 0 Å². The van der Waals surface area contributed by atoms with Gasteiger partial charge in [0.15, 0.2) is 16.1 Å². The van der Waals surface area contributed by atoms with Gasteiger partial charge in [-0.15, -0.1) is 0 Å². The van der Waals surface area contributed by atoms with Crippen molar-refractivity contribution in [3.63, 3.8) is 0 Å². The number of hydrogen-bond acceptors (Lipinski definition) is 8. The van der Waals surface area contributed by atoms with Crippen LogP contribution in [0.3, 0.4) is 0 Å². The number of nitrogens with one attached hydrogen (secondary N) is 1. The molecular weight excluding hydrogens is 464 g/mol. The number of anilines is 2. The minimum Gasteiger partial charge on any atom is -0.495 e. The minimum absolute atomic E-state index is 0.403. The van der Waals surface area contributed by atoms with E-state index >= 15 is 0 Å². The summed E-state index contributed by atoms with van der Waals surface area (Å²) in [4.78, 5) is 19.5. The lowest BCUT2D eigenvalue weighted by atomic mass is 10.1. The molecule has 1 aliphatic heterocycles. The zero-order chi connectivity index (χ0) is 23.4. The van der Waals surface area contributed by atoms with Crippen molar-refractivity contribution in [1.82, 2.24) is 9.88 Å². The maximum atomic E-state index is 13.1. The topological polar surface area (TPSA) is 116 Å². The van der Waals surface area contributed by atoms with E-state index in [2.05, 4.69) is 9.71 Å². The Labute approximate surface area is 198 Å². The number of amides is 1. The van der Waals surface area contributed by atoms with Crippen molar-refractivity contribution >= 4 is 39.2 Å². The van der Waals surface area contributed by atoms with E-state index in [1.165, 1.54) is 18.4 Å². The van der Waals surface area contributed by atoms with E-state index in [1.54, 1.807) is 41.3 Å². The summed E-state index contributed by atoms with van der Waals surface area (Å²) >= 11 is 1.38. The van der Waals surface area contributed by atoms with Gasteiger partial charge in [0.25, 0.3) is 0 Å². The summed E-state index contributed by atoms with van der Waals surface area (Å²) in [5, 5.41) is 0.480. The molecule has 0 aliphatic carbocycles. The van der Waals surface area contributed by atoms with Gasteiger partial charge in [-0.25, -0.2) is 14.0 Å². The summed E-state index contributed by atoms with van der Waals surface area (Å²) in [7, 11) is -0.0718. The molecule has 2 heterocycles. The van der Waals surface area contributed by atoms with Crippen LogP contribution in [0, 0.1) is 6.92 Å². The van der Waals surface area contributed by atoms with E-state index in [1.807, 2.05) is 13.0 Å². The summed E-state index contributed by atoms with van der Waals surface area (Å²) in [6.45, 7) is 3.90. The van der Waals surface area contributed by atoms with Gasteiger partial charge in [0.05, 0.1) is 30.9 Å². The second kappa shape index (κ2) is 10.2. The molecule has 1 unspecified atom stereocenters. The van der Waals surface area contributed by atoms with Crippen LogP contribution in [-0.4, -0.2) is 53.6 Å². The highest BCUT2D eigenvalue weighted by atomic mass is 32.2. The number of carbonyl (C=O) groups excluding carboxylic acids is 1. The number of nitrogens with two attached hydrogens (primary N) is 1. The van der Waals surface area contributed by atoms with Crippen LogP contribution in [0.25, 0.3) is 10.4 Å². The van der Waals surface area contributed by atoms with Gasteiger partial charge in [0, 0.05) is 18.8 Å². The maximum Gasteiger partial charge on any atom is 0.415 e. The smallest absolute Gasteiger partial charge is 0.415 e. The first-order valence-electron chi connectivity index (χ1n) is 10.2. The Bertz CT molecular complexity index is 1160. The third kappa shape index (κ3) is 5.44. The zero-order valence-corrected chi connectivity index (χ0v) is 19.8. The highest BCUT2D eigenvalue weighted by Crippen LogP contribution is 2.35. The first-order valence-corrected chi connectivity index (χ1v) is 12.2. The van der Waals surface area contributed by atoms with Crippen LogP contribution in [0.4, 0.5) is 15.6 Å². The van der Waals surface area contributed by atoms with Crippen LogP contribution in [0.15, 0.2) is 47.4 Å². The van der Waals surface area contributed by atoms with Gasteiger partial charge in [0.2, 0.25) is 0 Å². The molecule has 0 bridgehead atoms. The summed E-state index contributed by atoms with van der Waals surface area (Å²) in [6.07, 6.45) is -0.414. The largest absolute Gasteiger partial charge is 0.495 e. The number of nitrogen functional groups attached to an aromatic ring is 1. The number of ether oxygens (including phenoxy) is 3. The van der Waals surface area contributed by atoms with Crippen molar-refractivity contribution in [3.8, 4) is 21.9 Å². The van der Waals surface area contributed by atoms with Crippen LogP contribution in [-0.2, 0) is 15.7 Å². The number of morpholine rings is 1. The predicted octanol–water partition coefficient (Wildman–Crippen LogP) is 3.68. The fraction of sp³-hybridized carbons (Fsp3) is 0.273. The maximum absolute atomic E-state index is 13.1. The molecule has 1 aliphatic rings. The van der Waals surface area contributed by atoms with Gasteiger partial charge >= 0.3 is 6.09 Å². The molecule has 33 heavy (non-hydrogen) atoms. The molecule has 174 valence electrons. The number of rotatable bonds is 6. The SMILES string of the molecule is COc1ccc(-c2sc(N)nc2C)cc1S(=O)Nc1ccc(OC(=O)N2CCOCC2)cc1. The molecule has 1 saturated heterocycles. The van der Waals surface area contributed by atoms with Crippen LogP contribution in [0.1, 0.15) is 5.69 Å². The van der Waals surface area contributed by atoms with Crippen LogP contribution >= 0.6 is 11.3 Å². The standard InChI is InChI=1S/C22H24N4O5S2/c1-14-20(32-21(23)24-14)15-3-8-18(29-2)19(13-15)33(28)25-16-4-6-17(7-5-16)31-22(27)26-9-11-30-12-10-26/h3-8,13,25H,9-12H2,1-2H3,(H2,23,24). The van der Waals surface area contributed by atoms with Crippen LogP contribution in [0.2, 0.25) is 0 Å². The van der Waals surface area contributed by atoms with Gasteiger partial charge in [-0.1, -0.05) is 11.3 Å². The average Bonchev–Trinajstić information content (AvgIpc) is 3.18. The molecule has 1 aromatic heterocycles. The zero-order valence-electron chi connectivity index (χ0n) is 18.2. The number of aryl methyl sites for hydroxylation is 1. The van der Waals surface area contributed by atoms with E-state index < -0.39 is 17.1 Å². The predicted molar refractivity (Wildman–Crippen MR) is 128 cm³/mol. The van der Waals surface area contributed by atoms with Gasteiger partial charge < -0.3 is 29.6 Å². The minimum atomic E-state index is -1.60. The van der Waals surface area contributed by atoms with E-state index in [4.69, 9.17) is 19.9 Å². The molecule has 11 heteroatoms. The Hall–Kier alpha value is -3.15. The van der Waals surface area contributed by atoms with Crippen LogP contribution < -0.4 is 19.9 Å². The number of benzene rings is 2. The van der Waals surface area contributed by atoms with Crippen molar-refractivity contribution in [2.75, 3.05) is 43.9 Å². The molecule has 4 rings (SSSR count). The van der Waals surface area contributed by atoms with Crippen molar-refractivity contribution in [2.24, 2.45) is 0 Å². The molecule has 1 atom stereocenters. The van der Waals surface area contributed by atoms with Crippen molar-refractivity contribution in [1.29, 1.82) is 0 Å². The summed E-state index contributed by atoms with van der Waals surface area (Å²) < 4.78 is 32.1. The number of hydrogen-bond donors (Lipinski definition) is 2. The molecule has 3 N–H and O–H groups in total. The molecule has 1 amide bonds. The molecule has 9 nitrogen and oxygen atoms in total. The van der Waals surface area contributed by atoms with Crippen molar-refractivity contribution < 1.29 is 23.2 Å². The van der Waals surface area contributed by atoms with E-state index in [0.29, 0.717) is 53.5 Å². The quantitative estimate of drug-likeness (QED) is 0.544. The molecule has 1 fully saturated rings. The summed E-state index contributed by atoms with van der Waals surface area (Å²) in [5.74, 6) is 0.899. The fourth-order valence-corrected chi connectivity index (χ4v) is 5.17. The highest BCUT2D eigenvalue weighted by Gasteiger charge is 2.19. The monoisotopic (exact) mass is 488 g/mol. The van der Waals surface area contributed by atoms with Crippen LogP contribution in [0.5, 0.6) is 11.5 Å². The lowest BCUT2D eigenvalue weighted by molar-refractivity contribution is 0.0416. The first-order chi connectivity index (χ1) is 15.9. The fourth-order valence-electron chi connectivity index (χ4n) is 3.31. The third-order valence-corrected chi connectivity index (χ3v) is 7.15. The van der Waals surface area contributed by atoms with Crippen molar-refractivity contribution in [2.45, 2.75) is 11.8 Å². The molecular formula is C22H24N4O5S2. The number of aromatic nitrogens is 1. The number of thiazole rings is 1. The van der Waals surface area contributed by atoms with Gasteiger partial charge in [0.1, 0.15) is 16.4 Å². The van der Waals surface area contributed by atoms with Gasteiger partial charge in [-0.2, -0.15) is 0 Å².